The van der Waals surface area contributed by atoms with Gasteiger partial charge in [0.25, 0.3) is 0 Å². The Morgan fingerprint density at radius 1 is 1.10 bits per heavy atom. The van der Waals surface area contributed by atoms with Gasteiger partial charge in [-0.05, 0) is 75.1 Å². The number of nitrogens with zero attached hydrogens (tertiary/aromatic N) is 2. The van der Waals surface area contributed by atoms with Crippen LogP contribution >= 0.6 is 24.8 Å². The molecule has 2 bridgehead atoms. The fourth-order valence-electron chi connectivity index (χ4n) is 5.19. The third kappa shape index (κ3) is 4.79. The molecule has 4 heterocycles. The Kier molecular flexibility index (Phi) is 7.25. The molecule has 2 aromatic rings. The molecule has 2 unspecified atom stereocenters. The maximum absolute atomic E-state index is 12.5. The van der Waals surface area contributed by atoms with E-state index >= 15 is 0 Å². The average molecular weight is 437 g/mol. The van der Waals surface area contributed by atoms with E-state index in [2.05, 4.69) is 32.3 Å². The summed E-state index contributed by atoms with van der Waals surface area (Å²) in [7, 11) is 0. The first kappa shape index (κ1) is 22.1. The molecule has 2 saturated heterocycles. The molecular formula is C22H30Cl2N4O. The number of carbonyl (C=O) groups excluding carboxylic acids is 1. The van der Waals surface area contributed by atoms with Gasteiger partial charge >= 0.3 is 0 Å². The highest BCUT2D eigenvalue weighted by atomic mass is 35.5. The molecule has 158 valence electrons. The number of imidazole rings is 1. The zero-order chi connectivity index (χ0) is 18.2. The van der Waals surface area contributed by atoms with E-state index in [1.54, 1.807) is 0 Å². The summed E-state index contributed by atoms with van der Waals surface area (Å²) in [5, 5.41) is 6.73. The van der Waals surface area contributed by atoms with Crippen LogP contribution in [0.15, 0.2) is 30.5 Å². The highest BCUT2D eigenvalue weighted by Gasteiger charge is 2.34. The van der Waals surface area contributed by atoms with Gasteiger partial charge in [-0.3, -0.25) is 4.79 Å². The summed E-state index contributed by atoms with van der Waals surface area (Å²) >= 11 is 0. The minimum absolute atomic E-state index is 0. The second-order valence-electron chi connectivity index (χ2n) is 8.49. The molecule has 0 radical (unpaired) electrons. The number of carbonyl (C=O) groups is 1. The minimum Gasteiger partial charge on any atom is -0.328 e. The van der Waals surface area contributed by atoms with E-state index in [0.717, 1.165) is 42.9 Å². The summed E-state index contributed by atoms with van der Waals surface area (Å²) in [6.45, 7) is 1.06. The molecule has 0 saturated carbocycles. The number of fused-ring (bicyclic) bond motifs is 3. The van der Waals surface area contributed by atoms with E-state index in [1.807, 2.05) is 18.3 Å². The Morgan fingerprint density at radius 3 is 2.55 bits per heavy atom. The molecule has 2 fully saturated rings. The number of aromatic nitrogens is 2. The zero-order valence-electron chi connectivity index (χ0n) is 16.6. The van der Waals surface area contributed by atoms with Crippen molar-refractivity contribution in [1.29, 1.82) is 0 Å². The van der Waals surface area contributed by atoms with E-state index in [4.69, 9.17) is 0 Å². The van der Waals surface area contributed by atoms with Gasteiger partial charge in [0.15, 0.2) is 0 Å². The molecule has 3 aliphatic rings. The van der Waals surface area contributed by atoms with Crippen molar-refractivity contribution >= 4 is 36.4 Å². The van der Waals surface area contributed by atoms with Gasteiger partial charge in [-0.15, -0.1) is 24.8 Å². The van der Waals surface area contributed by atoms with Gasteiger partial charge in [-0.1, -0.05) is 0 Å². The Hall–Kier alpha value is -1.56. The monoisotopic (exact) mass is 436 g/mol. The smallest absolute Gasteiger partial charge is 0.224 e. The van der Waals surface area contributed by atoms with Gasteiger partial charge < -0.3 is 15.2 Å². The van der Waals surface area contributed by atoms with Crippen molar-refractivity contribution in [3.8, 4) is 11.4 Å². The highest BCUT2D eigenvalue weighted by Crippen LogP contribution is 2.33. The van der Waals surface area contributed by atoms with Crippen LogP contribution in [0.25, 0.3) is 11.4 Å². The van der Waals surface area contributed by atoms with Crippen molar-refractivity contribution in [1.82, 2.24) is 14.9 Å². The van der Waals surface area contributed by atoms with Crippen molar-refractivity contribution < 1.29 is 4.79 Å². The molecule has 5 rings (SSSR count). The lowest BCUT2D eigenvalue weighted by molar-refractivity contribution is -0.117. The molecular weight excluding hydrogens is 407 g/mol. The van der Waals surface area contributed by atoms with Crippen LogP contribution in [0.1, 0.15) is 50.6 Å². The van der Waals surface area contributed by atoms with Gasteiger partial charge in [0, 0.05) is 48.2 Å². The fourth-order valence-corrected chi connectivity index (χ4v) is 5.19. The second-order valence-corrected chi connectivity index (χ2v) is 8.49. The van der Waals surface area contributed by atoms with Crippen molar-refractivity contribution in [2.75, 3.05) is 5.32 Å². The van der Waals surface area contributed by atoms with Gasteiger partial charge in [-0.25, -0.2) is 4.98 Å². The third-order valence-corrected chi connectivity index (χ3v) is 6.47. The molecule has 5 nitrogen and oxygen atoms in total. The fraction of sp³-hybridized carbons (Fsp3) is 0.545. The maximum atomic E-state index is 12.5. The zero-order valence-corrected chi connectivity index (χ0v) is 18.2. The van der Waals surface area contributed by atoms with E-state index in [0.29, 0.717) is 24.4 Å². The lowest BCUT2D eigenvalue weighted by Crippen LogP contribution is -2.39. The molecule has 1 aromatic carbocycles. The summed E-state index contributed by atoms with van der Waals surface area (Å²) in [4.78, 5) is 17.1. The number of nitrogens with one attached hydrogen (secondary N) is 2. The first-order valence-corrected chi connectivity index (χ1v) is 10.5. The van der Waals surface area contributed by atoms with Gasteiger partial charge in [0.2, 0.25) is 5.91 Å². The van der Waals surface area contributed by atoms with Crippen LogP contribution in [-0.4, -0.2) is 27.5 Å². The Bertz CT molecular complexity index is 824. The van der Waals surface area contributed by atoms with Crippen LogP contribution in [0, 0.1) is 5.92 Å². The van der Waals surface area contributed by atoms with Gasteiger partial charge in [0.05, 0.1) is 0 Å². The summed E-state index contributed by atoms with van der Waals surface area (Å²) in [5.74, 6) is 1.72. The number of hydrogen-bond donors (Lipinski definition) is 2. The number of benzene rings is 1. The van der Waals surface area contributed by atoms with Crippen molar-refractivity contribution in [3.63, 3.8) is 0 Å². The molecule has 2 atom stereocenters. The molecule has 7 heteroatoms. The van der Waals surface area contributed by atoms with Crippen LogP contribution < -0.4 is 10.6 Å². The number of aryl methyl sites for hydroxylation is 1. The SMILES string of the molecule is Cl.Cl.O=C(CC1CC2CCC(C1)N2)Nc1ccc(-c2ncc3n2CCCC3)cc1. The van der Waals surface area contributed by atoms with Gasteiger partial charge in [0.1, 0.15) is 5.82 Å². The standard InChI is InChI=1S/C22H28N4O.2ClH/c27-21(13-15-11-18-8-9-19(12-15)24-18)25-17-6-4-16(5-7-17)22-23-14-20-3-1-2-10-26(20)22;;/h4-7,14-15,18-19,24H,1-3,8-13H2,(H,25,27);2*1H. The number of rotatable bonds is 4. The van der Waals surface area contributed by atoms with Crippen LogP contribution in [0.3, 0.4) is 0 Å². The summed E-state index contributed by atoms with van der Waals surface area (Å²) < 4.78 is 2.34. The largest absolute Gasteiger partial charge is 0.328 e. The molecule has 0 spiro atoms. The topological polar surface area (TPSA) is 59.0 Å². The Morgan fingerprint density at radius 2 is 1.83 bits per heavy atom. The molecule has 29 heavy (non-hydrogen) atoms. The normalized spacial score (nSPS) is 24.8. The first-order chi connectivity index (χ1) is 13.2. The third-order valence-electron chi connectivity index (χ3n) is 6.47. The van der Waals surface area contributed by atoms with E-state index in [1.165, 1.54) is 31.4 Å². The average Bonchev–Trinajstić information content (AvgIpc) is 3.25. The van der Waals surface area contributed by atoms with Crippen molar-refractivity contribution in [3.05, 3.63) is 36.2 Å². The minimum atomic E-state index is 0. The van der Waals surface area contributed by atoms with E-state index < -0.39 is 0 Å². The molecule has 0 aliphatic carbocycles. The number of anilines is 1. The van der Waals surface area contributed by atoms with E-state index in [-0.39, 0.29) is 30.7 Å². The first-order valence-electron chi connectivity index (χ1n) is 10.5. The molecule has 2 N–H and O–H groups in total. The van der Waals surface area contributed by atoms with E-state index in [9.17, 15) is 4.79 Å². The van der Waals surface area contributed by atoms with Crippen molar-refractivity contribution in [2.45, 2.75) is 70.0 Å². The predicted octanol–water partition coefficient (Wildman–Crippen LogP) is 4.59. The quantitative estimate of drug-likeness (QED) is 0.736. The highest BCUT2D eigenvalue weighted by molar-refractivity contribution is 5.91. The Balaban J connectivity index is 0.00000120. The van der Waals surface area contributed by atoms with Crippen LogP contribution in [0.2, 0.25) is 0 Å². The lowest BCUT2D eigenvalue weighted by atomic mass is 9.89. The number of hydrogen-bond acceptors (Lipinski definition) is 3. The Labute approximate surface area is 184 Å². The number of halogens is 2. The summed E-state index contributed by atoms with van der Waals surface area (Å²) in [5.41, 5.74) is 3.34. The van der Waals surface area contributed by atoms with Crippen LogP contribution in [-0.2, 0) is 17.8 Å². The van der Waals surface area contributed by atoms with Crippen LogP contribution in [0.4, 0.5) is 5.69 Å². The summed E-state index contributed by atoms with van der Waals surface area (Å²) in [6.07, 6.45) is 11.1. The van der Waals surface area contributed by atoms with Crippen molar-refractivity contribution in [2.24, 2.45) is 5.92 Å². The maximum Gasteiger partial charge on any atom is 0.224 e. The molecule has 1 aromatic heterocycles. The number of amides is 1. The van der Waals surface area contributed by atoms with Crippen LogP contribution in [0.5, 0.6) is 0 Å². The van der Waals surface area contributed by atoms with Gasteiger partial charge in [-0.2, -0.15) is 0 Å². The summed E-state index contributed by atoms with van der Waals surface area (Å²) in [6, 6.07) is 9.44. The predicted molar refractivity (Wildman–Crippen MR) is 121 cm³/mol. The lowest BCUT2D eigenvalue weighted by Gasteiger charge is -2.28. The molecule has 1 amide bonds. The number of piperidine rings is 1. The second kappa shape index (κ2) is 9.50. The molecule has 3 aliphatic heterocycles.